The van der Waals surface area contributed by atoms with Crippen LogP contribution in [0.25, 0.3) is 0 Å². The zero-order valence-corrected chi connectivity index (χ0v) is 11.3. The van der Waals surface area contributed by atoms with E-state index in [1.54, 1.807) is 18.2 Å². The largest absolute Gasteiger partial charge is 0.493 e. The van der Waals surface area contributed by atoms with E-state index in [4.69, 9.17) is 10.5 Å². The Morgan fingerprint density at radius 3 is 2.70 bits per heavy atom. The Labute approximate surface area is 117 Å². The standard InChI is InChI=1S/C16H18FNO2/c1-2-9-20-15-6-4-3-5-12(15)16(19)13-10-11(17)7-8-14(13)18/h3-8,10,16,19H,2,9,18H2,1H3. The van der Waals surface area contributed by atoms with Crippen molar-refractivity contribution in [1.82, 2.24) is 0 Å². The highest BCUT2D eigenvalue weighted by molar-refractivity contribution is 5.52. The molecular formula is C16H18FNO2. The van der Waals surface area contributed by atoms with Gasteiger partial charge >= 0.3 is 0 Å². The van der Waals surface area contributed by atoms with Crippen LogP contribution in [0.2, 0.25) is 0 Å². The zero-order valence-electron chi connectivity index (χ0n) is 11.3. The van der Waals surface area contributed by atoms with Crippen molar-refractivity contribution in [1.29, 1.82) is 0 Å². The van der Waals surface area contributed by atoms with Gasteiger partial charge in [-0.3, -0.25) is 0 Å². The first-order valence-electron chi connectivity index (χ1n) is 6.58. The lowest BCUT2D eigenvalue weighted by atomic mass is 9.99. The molecule has 2 aromatic carbocycles. The lowest BCUT2D eigenvalue weighted by Crippen LogP contribution is -2.07. The van der Waals surface area contributed by atoms with Gasteiger partial charge < -0.3 is 15.6 Å². The molecule has 0 radical (unpaired) electrons. The summed E-state index contributed by atoms with van der Waals surface area (Å²) in [4.78, 5) is 0. The van der Waals surface area contributed by atoms with Gasteiger partial charge in [0.25, 0.3) is 0 Å². The summed E-state index contributed by atoms with van der Waals surface area (Å²) in [5.74, 6) is 0.158. The van der Waals surface area contributed by atoms with Crippen molar-refractivity contribution in [3.8, 4) is 5.75 Å². The number of benzene rings is 2. The van der Waals surface area contributed by atoms with Crippen molar-refractivity contribution in [3.63, 3.8) is 0 Å². The molecular weight excluding hydrogens is 257 g/mol. The summed E-state index contributed by atoms with van der Waals surface area (Å²) in [6.45, 7) is 2.56. The van der Waals surface area contributed by atoms with Gasteiger partial charge in [-0.1, -0.05) is 25.1 Å². The van der Waals surface area contributed by atoms with E-state index < -0.39 is 11.9 Å². The maximum absolute atomic E-state index is 13.3. The van der Waals surface area contributed by atoms with Crippen LogP contribution in [-0.4, -0.2) is 11.7 Å². The number of aliphatic hydroxyl groups is 1. The van der Waals surface area contributed by atoms with Crippen molar-refractivity contribution < 1.29 is 14.2 Å². The molecule has 4 heteroatoms. The molecule has 0 aliphatic heterocycles. The number of halogens is 1. The second kappa shape index (κ2) is 6.39. The first-order valence-corrected chi connectivity index (χ1v) is 6.58. The van der Waals surface area contributed by atoms with E-state index in [0.717, 1.165) is 6.42 Å². The van der Waals surface area contributed by atoms with E-state index in [0.29, 0.717) is 29.2 Å². The van der Waals surface area contributed by atoms with Crippen molar-refractivity contribution in [2.45, 2.75) is 19.4 Å². The molecule has 2 rings (SSSR count). The smallest absolute Gasteiger partial charge is 0.125 e. The van der Waals surface area contributed by atoms with E-state index in [-0.39, 0.29) is 0 Å². The van der Waals surface area contributed by atoms with Crippen LogP contribution in [0.5, 0.6) is 5.75 Å². The number of aliphatic hydroxyl groups excluding tert-OH is 1. The van der Waals surface area contributed by atoms with E-state index >= 15 is 0 Å². The van der Waals surface area contributed by atoms with Gasteiger partial charge in [0.15, 0.2) is 0 Å². The molecule has 1 atom stereocenters. The highest BCUT2D eigenvalue weighted by Gasteiger charge is 2.18. The summed E-state index contributed by atoms with van der Waals surface area (Å²) in [6.07, 6.45) is -0.147. The molecule has 0 bridgehead atoms. The minimum atomic E-state index is -1.02. The molecule has 0 saturated heterocycles. The fraction of sp³-hybridized carbons (Fsp3) is 0.250. The summed E-state index contributed by atoms with van der Waals surface area (Å²) >= 11 is 0. The lowest BCUT2D eigenvalue weighted by Gasteiger charge is -2.17. The third-order valence-electron chi connectivity index (χ3n) is 3.02. The number of nitrogen functional groups attached to an aromatic ring is 1. The zero-order chi connectivity index (χ0) is 14.5. The Bertz CT molecular complexity index is 586. The summed E-state index contributed by atoms with van der Waals surface area (Å²) < 4.78 is 18.9. The third-order valence-corrected chi connectivity index (χ3v) is 3.02. The molecule has 2 aromatic rings. The maximum Gasteiger partial charge on any atom is 0.125 e. The second-order valence-corrected chi connectivity index (χ2v) is 4.56. The Balaban J connectivity index is 2.37. The van der Waals surface area contributed by atoms with E-state index in [1.165, 1.54) is 18.2 Å². The SMILES string of the molecule is CCCOc1ccccc1C(O)c1cc(F)ccc1N. The third kappa shape index (κ3) is 3.08. The Morgan fingerprint density at radius 1 is 1.20 bits per heavy atom. The predicted octanol–water partition coefficient (Wildman–Crippen LogP) is 3.28. The molecule has 106 valence electrons. The van der Waals surface area contributed by atoms with Crippen molar-refractivity contribution in [2.75, 3.05) is 12.3 Å². The van der Waals surface area contributed by atoms with E-state index in [2.05, 4.69) is 0 Å². The van der Waals surface area contributed by atoms with Gasteiger partial charge in [0.1, 0.15) is 17.7 Å². The Hall–Kier alpha value is -2.07. The molecule has 0 saturated carbocycles. The molecule has 3 nitrogen and oxygen atoms in total. The minimum Gasteiger partial charge on any atom is -0.493 e. The van der Waals surface area contributed by atoms with Crippen molar-refractivity contribution >= 4 is 5.69 Å². The molecule has 0 aliphatic rings. The van der Waals surface area contributed by atoms with Crippen LogP contribution in [0.15, 0.2) is 42.5 Å². The van der Waals surface area contributed by atoms with Crippen LogP contribution in [0.3, 0.4) is 0 Å². The van der Waals surface area contributed by atoms with Crippen LogP contribution in [-0.2, 0) is 0 Å². The molecule has 20 heavy (non-hydrogen) atoms. The quantitative estimate of drug-likeness (QED) is 0.823. The maximum atomic E-state index is 13.3. The summed E-state index contributed by atoms with van der Waals surface area (Å²) in [7, 11) is 0. The number of hydrogen-bond acceptors (Lipinski definition) is 3. The Morgan fingerprint density at radius 2 is 1.95 bits per heavy atom. The average Bonchev–Trinajstić information content (AvgIpc) is 2.47. The molecule has 0 amide bonds. The van der Waals surface area contributed by atoms with Gasteiger partial charge in [0.2, 0.25) is 0 Å². The number of para-hydroxylation sites is 1. The number of anilines is 1. The van der Waals surface area contributed by atoms with Gasteiger partial charge in [-0.05, 0) is 30.7 Å². The molecule has 0 fully saturated rings. The number of nitrogens with two attached hydrogens (primary N) is 1. The first kappa shape index (κ1) is 14.3. The van der Waals surface area contributed by atoms with Crippen LogP contribution < -0.4 is 10.5 Å². The van der Waals surface area contributed by atoms with E-state index in [1.807, 2.05) is 13.0 Å². The number of ether oxygens (including phenoxy) is 1. The molecule has 3 N–H and O–H groups in total. The van der Waals surface area contributed by atoms with Crippen LogP contribution in [0.4, 0.5) is 10.1 Å². The van der Waals surface area contributed by atoms with Crippen LogP contribution in [0.1, 0.15) is 30.6 Å². The van der Waals surface area contributed by atoms with Gasteiger partial charge in [0, 0.05) is 16.8 Å². The van der Waals surface area contributed by atoms with Gasteiger partial charge in [-0.25, -0.2) is 4.39 Å². The highest BCUT2D eigenvalue weighted by atomic mass is 19.1. The van der Waals surface area contributed by atoms with Crippen LogP contribution in [0, 0.1) is 5.82 Å². The monoisotopic (exact) mass is 275 g/mol. The Kier molecular flexibility index (Phi) is 4.58. The van der Waals surface area contributed by atoms with Crippen molar-refractivity contribution in [3.05, 3.63) is 59.4 Å². The second-order valence-electron chi connectivity index (χ2n) is 4.56. The first-order chi connectivity index (χ1) is 9.63. The summed E-state index contributed by atoms with van der Waals surface area (Å²) in [6, 6.07) is 11.1. The van der Waals surface area contributed by atoms with Crippen LogP contribution >= 0.6 is 0 Å². The number of rotatable bonds is 5. The molecule has 0 aliphatic carbocycles. The summed E-state index contributed by atoms with van der Waals surface area (Å²) in [5, 5.41) is 10.5. The van der Waals surface area contributed by atoms with Gasteiger partial charge in [-0.2, -0.15) is 0 Å². The van der Waals surface area contributed by atoms with Gasteiger partial charge in [0.05, 0.1) is 6.61 Å². The average molecular weight is 275 g/mol. The fourth-order valence-corrected chi connectivity index (χ4v) is 2.00. The molecule has 0 aromatic heterocycles. The fourth-order valence-electron chi connectivity index (χ4n) is 2.00. The molecule has 1 unspecified atom stereocenters. The predicted molar refractivity (Wildman–Crippen MR) is 77.1 cm³/mol. The molecule has 0 heterocycles. The lowest BCUT2D eigenvalue weighted by molar-refractivity contribution is 0.211. The van der Waals surface area contributed by atoms with Gasteiger partial charge in [-0.15, -0.1) is 0 Å². The normalized spacial score (nSPS) is 12.2. The molecule has 0 spiro atoms. The van der Waals surface area contributed by atoms with Crippen molar-refractivity contribution in [2.24, 2.45) is 0 Å². The highest BCUT2D eigenvalue weighted by Crippen LogP contribution is 2.33. The minimum absolute atomic E-state index is 0.345. The number of hydrogen-bond donors (Lipinski definition) is 2. The summed E-state index contributed by atoms with van der Waals surface area (Å²) in [5.41, 5.74) is 7.09. The van der Waals surface area contributed by atoms with E-state index in [9.17, 15) is 9.50 Å². The topological polar surface area (TPSA) is 55.5 Å².